The van der Waals surface area contributed by atoms with Gasteiger partial charge in [0.15, 0.2) is 0 Å². The first kappa shape index (κ1) is 14.8. The van der Waals surface area contributed by atoms with Crippen LogP contribution in [0.1, 0.15) is 40.0 Å². The van der Waals surface area contributed by atoms with Gasteiger partial charge in [0.05, 0.1) is 10.4 Å². The molecular formula is C12H22N2OS2. The number of rotatable bonds is 5. The largest absolute Gasteiger partial charge is 0.392 e. The lowest BCUT2D eigenvalue weighted by atomic mass is 9.92. The van der Waals surface area contributed by atoms with Gasteiger partial charge in [-0.05, 0) is 38.9 Å². The summed E-state index contributed by atoms with van der Waals surface area (Å²) in [6, 6.07) is 0.292. The lowest BCUT2D eigenvalue weighted by Crippen LogP contribution is -2.47. The van der Waals surface area contributed by atoms with Crippen LogP contribution < -0.4 is 11.1 Å². The van der Waals surface area contributed by atoms with E-state index in [-0.39, 0.29) is 10.9 Å². The number of thioether (sulfide) groups is 1. The van der Waals surface area contributed by atoms with E-state index >= 15 is 0 Å². The second-order valence-electron chi connectivity index (χ2n) is 5.05. The van der Waals surface area contributed by atoms with Gasteiger partial charge >= 0.3 is 0 Å². The van der Waals surface area contributed by atoms with Crippen LogP contribution in [0.3, 0.4) is 0 Å². The molecule has 1 saturated carbocycles. The van der Waals surface area contributed by atoms with Crippen LogP contribution in [0.4, 0.5) is 0 Å². The SMILES string of the molecule is CCSC1CCC(NC(=O)C(C)(C)C(N)=S)C1. The van der Waals surface area contributed by atoms with Crippen molar-refractivity contribution in [1.82, 2.24) is 5.32 Å². The first-order valence-electron chi connectivity index (χ1n) is 6.10. The van der Waals surface area contributed by atoms with E-state index in [1.807, 2.05) is 11.8 Å². The molecule has 0 aromatic carbocycles. The van der Waals surface area contributed by atoms with Crippen molar-refractivity contribution in [3.63, 3.8) is 0 Å². The molecule has 0 bridgehead atoms. The van der Waals surface area contributed by atoms with Crippen molar-refractivity contribution in [3.05, 3.63) is 0 Å². The van der Waals surface area contributed by atoms with Gasteiger partial charge in [0, 0.05) is 11.3 Å². The average molecular weight is 274 g/mol. The summed E-state index contributed by atoms with van der Waals surface area (Å²) in [5, 5.41) is 3.76. The number of hydrogen-bond acceptors (Lipinski definition) is 3. The van der Waals surface area contributed by atoms with E-state index in [9.17, 15) is 4.79 Å². The number of thiocarbonyl (C=S) groups is 1. The van der Waals surface area contributed by atoms with E-state index in [0.29, 0.717) is 11.3 Å². The molecule has 17 heavy (non-hydrogen) atoms. The monoisotopic (exact) mass is 274 g/mol. The molecule has 1 aliphatic carbocycles. The molecule has 1 rings (SSSR count). The molecule has 0 aromatic heterocycles. The maximum Gasteiger partial charge on any atom is 0.232 e. The summed E-state index contributed by atoms with van der Waals surface area (Å²) in [5.41, 5.74) is 4.84. The molecule has 5 heteroatoms. The van der Waals surface area contributed by atoms with Gasteiger partial charge in [-0.15, -0.1) is 0 Å². The van der Waals surface area contributed by atoms with Gasteiger partial charge in [0.25, 0.3) is 0 Å². The van der Waals surface area contributed by atoms with Crippen LogP contribution in [0.5, 0.6) is 0 Å². The summed E-state index contributed by atoms with van der Waals surface area (Å²) < 4.78 is 0. The Labute approximate surface area is 113 Å². The molecule has 3 nitrogen and oxygen atoms in total. The van der Waals surface area contributed by atoms with Gasteiger partial charge in [-0.25, -0.2) is 0 Å². The fraction of sp³-hybridized carbons (Fsp3) is 0.833. The Morgan fingerprint density at radius 2 is 2.18 bits per heavy atom. The topological polar surface area (TPSA) is 55.1 Å². The number of carbonyl (C=O) groups excluding carboxylic acids is 1. The van der Waals surface area contributed by atoms with E-state index in [0.717, 1.165) is 18.6 Å². The summed E-state index contributed by atoms with van der Waals surface area (Å²) in [7, 11) is 0. The lowest BCUT2D eigenvalue weighted by molar-refractivity contribution is -0.126. The van der Waals surface area contributed by atoms with Crippen LogP contribution in [0.15, 0.2) is 0 Å². The van der Waals surface area contributed by atoms with Crippen molar-refractivity contribution in [3.8, 4) is 0 Å². The van der Waals surface area contributed by atoms with Crippen molar-refractivity contribution in [1.29, 1.82) is 0 Å². The minimum absolute atomic E-state index is 0.0443. The molecule has 98 valence electrons. The first-order valence-corrected chi connectivity index (χ1v) is 7.56. The van der Waals surface area contributed by atoms with E-state index in [2.05, 4.69) is 12.2 Å². The maximum atomic E-state index is 12.0. The Kier molecular flexibility index (Phi) is 5.25. The minimum atomic E-state index is -0.745. The predicted octanol–water partition coefficient (Wildman–Crippen LogP) is 2.09. The van der Waals surface area contributed by atoms with Gasteiger partial charge < -0.3 is 11.1 Å². The fourth-order valence-electron chi connectivity index (χ4n) is 1.94. The second kappa shape index (κ2) is 6.05. The molecule has 1 aliphatic rings. The highest BCUT2D eigenvalue weighted by atomic mass is 32.2. The third-order valence-corrected chi connectivity index (χ3v) is 5.05. The highest BCUT2D eigenvalue weighted by Gasteiger charge is 2.34. The molecule has 1 fully saturated rings. The van der Waals surface area contributed by atoms with Crippen LogP contribution in [0.2, 0.25) is 0 Å². The Hall–Kier alpha value is -0.290. The molecule has 0 saturated heterocycles. The van der Waals surface area contributed by atoms with Gasteiger partial charge in [-0.3, -0.25) is 4.79 Å². The van der Waals surface area contributed by atoms with Crippen molar-refractivity contribution >= 4 is 34.9 Å². The summed E-state index contributed by atoms with van der Waals surface area (Å²) in [4.78, 5) is 12.3. The maximum absolute atomic E-state index is 12.0. The van der Waals surface area contributed by atoms with Gasteiger partial charge in [-0.1, -0.05) is 19.1 Å². The zero-order chi connectivity index (χ0) is 13.1. The molecule has 0 aromatic rings. The molecule has 0 radical (unpaired) electrons. The fourth-order valence-corrected chi connectivity index (χ4v) is 3.17. The molecule has 0 heterocycles. The zero-order valence-corrected chi connectivity index (χ0v) is 12.4. The summed E-state index contributed by atoms with van der Waals surface area (Å²) >= 11 is 6.91. The number of amides is 1. The average Bonchev–Trinajstić information content (AvgIpc) is 2.65. The quantitative estimate of drug-likeness (QED) is 0.754. The second-order valence-corrected chi connectivity index (χ2v) is 7.07. The van der Waals surface area contributed by atoms with E-state index < -0.39 is 5.41 Å². The minimum Gasteiger partial charge on any atom is -0.392 e. The zero-order valence-electron chi connectivity index (χ0n) is 10.8. The Morgan fingerprint density at radius 1 is 1.53 bits per heavy atom. The van der Waals surface area contributed by atoms with Gasteiger partial charge in [0.1, 0.15) is 0 Å². The third-order valence-electron chi connectivity index (χ3n) is 3.31. The standard InChI is InChI=1S/C12H22N2OS2/c1-4-17-9-6-5-8(7-9)14-11(15)12(2,3)10(13)16/h8-9H,4-7H2,1-3H3,(H2,13,16)(H,14,15). The van der Waals surface area contributed by atoms with Crippen LogP contribution in [-0.4, -0.2) is 27.9 Å². The Balaban J connectivity index is 2.46. The van der Waals surface area contributed by atoms with Crippen LogP contribution >= 0.6 is 24.0 Å². The van der Waals surface area contributed by atoms with Crippen LogP contribution in [0, 0.1) is 5.41 Å². The molecule has 2 atom stereocenters. The number of nitrogens with two attached hydrogens (primary N) is 1. The van der Waals surface area contributed by atoms with E-state index in [4.69, 9.17) is 18.0 Å². The molecule has 3 N–H and O–H groups in total. The highest BCUT2D eigenvalue weighted by Crippen LogP contribution is 2.30. The number of carbonyl (C=O) groups is 1. The number of nitrogens with one attached hydrogen (secondary N) is 1. The lowest BCUT2D eigenvalue weighted by Gasteiger charge is -2.24. The highest BCUT2D eigenvalue weighted by molar-refractivity contribution is 7.99. The van der Waals surface area contributed by atoms with E-state index in [1.54, 1.807) is 13.8 Å². The Morgan fingerprint density at radius 3 is 2.71 bits per heavy atom. The molecule has 2 unspecified atom stereocenters. The first-order chi connectivity index (χ1) is 7.87. The van der Waals surface area contributed by atoms with Gasteiger partial charge in [-0.2, -0.15) is 11.8 Å². The molecule has 1 amide bonds. The molecule has 0 spiro atoms. The van der Waals surface area contributed by atoms with E-state index in [1.165, 1.54) is 6.42 Å². The molecular weight excluding hydrogens is 252 g/mol. The molecule has 0 aliphatic heterocycles. The van der Waals surface area contributed by atoms with Crippen molar-refractivity contribution in [2.24, 2.45) is 11.1 Å². The predicted molar refractivity (Wildman–Crippen MR) is 78.3 cm³/mol. The van der Waals surface area contributed by atoms with Crippen LogP contribution in [-0.2, 0) is 4.79 Å². The van der Waals surface area contributed by atoms with Crippen molar-refractivity contribution in [2.75, 3.05) is 5.75 Å². The van der Waals surface area contributed by atoms with Crippen molar-refractivity contribution < 1.29 is 4.79 Å². The summed E-state index contributed by atoms with van der Waals surface area (Å²) in [6.07, 6.45) is 3.32. The van der Waals surface area contributed by atoms with Crippen molar-refractivity contribution in [2.45, 2.75) is 51.3 Å². The third kappa shape index (κ3) is 3.85. The number of hydrogen-bond donors (Lipinski definition) is 2. The van der Waals surface area contributed by atoms with Crippen LogP contribution in [0.25, 0.3) is 0 Å². The normalized spacial score (nSPS) is 24.6. The smallest absolute Gasteiger partial charge is 0.232 e. The Bertz CT molecular complexity index is 305. The summed E-state index contributed by atoms with van der Waals surface area (Å²) in [5.74, 6) is 1.10. The van der Waals surface area contributed by atoms with Gasteiger partial charge in [0.2, 0.25) is 5.91 Å². The summed E-state index contributed by atoms with van der Waals surface area (Å²) in [6.45, 7) is 5.72.